The Labute approximate surface area is 111 Å². The molecule has 1 amide bonds. The van der Waals surface area contributed by atoms with Gasteiger partial charge in [0.15, 0.2) is 0 Å². The lowest BCUT2D eigenvalue weighted by Gasteiger charge is -2.38. The first-order chi connectivity index (χ1) is 9.13. The zero-order valence-electron chi connectivity index (χ0n) is 10.6. The minimum Gasteiger partial charge on any atom is -0.481 e. The van der Waals surface area contributed by atoms with Crippen molar-refractivity contribution in [2.24, 2.45) is 5.92 Å². The molecular formula is C14H16N2O3. The van der Waals surface area contributed by atoms with Gasteiger partial charge < -0.3 is 15.3 Å². The fraction of sp³-hybridized carbons (Fsp3) is 0.429. The van der Waals surface area contributed by atoms with Crippen LogP contribution in [0, 0.1) is 5.92 Å². The smallest absolute Gasteiger partial charge is 0.303 e. The molecule has 1 saturated heterocycles. The Balaban J connectivity index is 1.64. The fourth-order valence-electron chi connectivity index (χ4n) is 2.72. The molecule has 19 heavy (non-hydrogen) atoms. The molecule has 0 bridgehead atoms. The number of likely N-dealkylation sites (tertiary alicyclic amines) is 1. The first-order valence-electron chi connectivity index (χ1n) is 6.51. The number of anilines is 1. The Kier molecular flexibility index (Phi) is 2.89. The molecule has 0 aromatic heterocycles. The second kappa shape index (κ2) is 4.57. The third kappa shape index (κ3) is 2.28. The Morgan fingerprint density at radius 2 is 2.16 bits per heavy atom. The summed E-state index contributed by atoms with van der Waals surface area (Å²) < 4.78 is 0. The van der Waals surface area contributed by atoms with E-state index >= 15 is 0 Å². The number of carbonyl (C=O) groups excluding carboxylic acids is 1. The summed E-state index contributed by atoms with van der Waals surface area (Å²) in [5.41, 5.74) is 2.99. The van der Waals surface area contributed by atoms with Gasteiger partial charge in [0.1, 0.15) is 0 Å². The van der Waals surface area contributed by atoms with Gasteiger partial charge in [-0.25, -0.2) is 0 Å². The molecule has 3 rings (SSSR count). The second-order valence-corrected chi connectivity index (χ2v) is 5.22. The minimum atomic E-state index is -0.793. The molecule has 2 N–H and O–H groups in total. The maximum absolute atomic E-state index is 12.2. The third-order valence-corrected chi connectivity index (χ3v) is 3.77. The van der Waals surface area contributed by atoms with Gasteiger partial charge in [0, 0.05) is 36.8 Å². The summed E-state index contributed by atoms with van der Waals surface area (Å²) in [4.78, 5) is 24.5. The van der Waals surface area contributed by atoms with E-state index in [1.165, 1.54) is 5.56 Å². The zero-order valence-corrected chi connectivity index (χ0v) is 10.6. The molecule has 1 fully saturated rings. The summed E-state index contributed by atoms with van der Waals surface area (Å²) in [6.07, 6.45) is 1.16. The third-order valence-electron chi connectivity index (χ3n) is 3.77. The van der Waals surface area contributed by atoms with Crippen LogP contribution >= 0.6 is 0 Å². The van der Waals surface area contributed by atoms with E-state index in [0.29, 0.717) is 18.7 Å². The van der Waals surface area contributed by atoms with Crippen molar-refractivity contribution in [2.75, 3.05) is 25.0 Å². The molecule has 2 aliphatic rings. The van der Waals surface area contributed by atoms with Gasteiger partial charge in [0.05, 0.1) is 6.42 Å². The number of benzene rings is 1. The van der Waals surface area contributed by atoms with Crippen molar-refractivity contribution in [3.63, 3.8) is 0 Å². The van der Waals surface area contributed by atoms with E-state index in [1.807, 2.05) is 18.2 Å². The van der Waals surface area contributed by atoms with E-state index in [-0.39, 0.29) is 18.2 Å². The van der Waals surface area contributed by atoms with Crippen LogP contribution in [0.3, 0.4) is 0 Å². The summed E-state index contributed by atoms with van der Waals surface area (Å²) in [7, 11) is 0. The van der Waals surface area contributed by atoms with Gasteiger partial charge in [-0.3, -0.25) is 9.59 Å². The Morgan fingerprint density at radius 3 is 2.89 bits per heavy atom. The molecule has 1 aromatic rings. The van der Waals surface area contributed by atoms with Gasteiger partial charge in [-0.2, -0.15) is 0 Å². The minimum absolute atomic E-state index is 0.00172. The molecule has 2 heterocycles. The molecular weight excluding hydrogens is 244 g/mol. The molecule has 1 aromatic carbocycles. The first kappa shape index (κ1) is 12.0. The Morgan fingerprint density at radius 1 is 1.37 bits per heavy atom. The molecule has 5 heteroatoms. The molecule has 2 aliphatic heterocycles. The van der Waals surface area contributed by atoms with Gasteiger partial charge >= 0.3 is 5.97 Å². The van der Waals surface area contributed by atoms with Crippen LogP contribution in [0.1, 0.15) is 22.3 Å². The lowest BCUT2D eigenvalue weighted by molar-refractivity contribution is -0.139. The molecule has 0 aliphatic carbocycles. The van der Waals surface area contributed by atoms with Crippen molar-refractivity contribution in [2.45, 2.75) is 12.8 Å². The number of nitrogens with one attached hydrogen (secondary N) is 1. The van der Waals surface area contributed by atoms with Crippen LogP contribution in [0.4, 0.5) is 5.69 Å². The summed E-state index contributed by atoms with van der Waals surface area (Å²) in [6.45, 7) is 2.03. The van der Waals surface area contributed by atoms with Crippen LogP contribution in [0.25, 0.3) is 0 Å². The first-order valence-corrected chi connectivity index (χ1v) is 6.51. The molecule has 0 unspecified atom stereocenters. The Bertz CT molecular complexity index is 535. The number of carboxylic acid groups (broad SMARTS) is 1. The molecule has 0 spiro atoms. The van der Waals surface area contributed by atoms with Crippen molar-refractivity contribution in [1.82, 2.24) is 4.90 Å². The number of hydrogen-bond acceptors (Lipinski definition) is 3. The number of rotatable bonds is 3. The highest BCUT2D eigenvalue weighted by Crippen LogP contribution is 2.26. The number of carbonyl (C=O) groups is 2. The van der Waals surface area contributed by atoms with Gasteiger partial charge in [-0.15, -0.1) is 0 Å². The van der Waals surface area contributed by atoms with Crippen molar-refractivity contribution in [1.29, 1.82) is 0 Å². The summed E-state index contributed by atoms with van der Waals surface area (Å²) in [5.74, 6) is -0.689. The van der Waals surface area contributed by atoms with Crippen LogP contribution in [0.2, 0.25) is 0 Å². The molecule has 0 atom stereocenters. The quantitative estimate of drug-likeness (QED) is 0.856. The van der Waals surface area contributed by atoms with Crippen LogP contribution in [-0.4, -0.2) is 41.5 Å². The number of amides is 1. The van der Waals surface area contributed by atoms with Crippen LogP contribution in [0.5, 0.6) is 0 Å². The average Bonchev–Trinajstić information content (AvgIpc) is 2.79. The number of aliphatic carboxylic acids is 1. The predicted octanol–water partition coefficient (Wildman–Crippen LogP) is 1.20. The predicted molar refractivity (Wildman–Crippen MR) is 70.3 cm³/mol. The number of fused-ring (bicyclic) bond motifs is 1. The zero-order chi connectivity index (χ0) is 13.4. The van der Waals surface area contributed by atoms with Crippen molar-refractivity contribution in [3.05, 3.63) is 29.3 Å². The van der Waals surface area contributed by atoms with Crippen molar-refractivity contribution >= 4 is 17.6 Å². The molecule has 0 saturated carbocycles. The van der Waals surface area contributed by atoms with Gasteiger partial charge in [-0.1, -0.05) is 6.07 Å². The second-order valence-electron chi connectivity index (χ2n) is 5.22. The summed E-state index contributed by atoms with van der Waals surface area (Å²) in [6, 6.07) is 5.75. The monoisotopic (exact) mass is 260 g/mol. The lowest BCUT2D eigenvalue weighted by Crippen LogP contribution is -2.50. The van der Waals surface area contributed by atoms with Crippen molar-refractivity contribution in [3.8, 4) is 0 Å². The highest BCUT2D eigenvalue weighted by molar-refractivity contribution is 5.96. The van der Waals surface area contributed by atoms with E-state index in [4.69, 9.17) is 5.11 Å². The standard InChI is InChI=1S/C14H16N2O3/c17-13(18)5-9-7-16(8-9)14(19)11-2-1-10-3-4-15-12(10)6-11/h1-2,6,9,15H,3-5,7-8H2,(H,17,18). The van der Waals surface area contributed by atoms with E-state index in [0.717, 1.165) is 18.7 Å². The molecule has 100 valence electrons. The number of nitrogens with zero attached hydrogens (tertiary/aromatic N) is 1. The fourth-order valence-corrected chi connectivity index (χ4v) is 2.72. The van der Waals surface area contributed by atoms with E-state index < -0.39 is 5.97 Å². The van der Waals surface area contributed by atoms with E-state index in [9.17, 15) is 9.59 Å². The van der Waals surface area contributed by atoms with Gasteiger partial charge in [-0.05, 0) is 24.1 Å². The average molecular weight is 260 g/mol. The largest absolute Gasteiger partial charge is 0.481 e. The maximum Gasteiger partial charge on any atom is 0.303 e. The Hall–Kier alpha value is -2.04. The highest BCUT2D eigenvalue weighted by atomic mass is 16.4. The maximum atomic E-state index is 12.2. The van der Waals surface area contributed by atoms with Gasteiger partial charge in [0.2, 0.25) is 0 Å². The lowest BCUT2D eigenvalue weighted by atomic mass is 9.95. The SMILES string of the molecule is O=C(O)CC1CN(C(=O)c2ccc3c(c2)NCC3)C1. The summed E-state index contributed by atoms with van der Waals surface area (Å²) >= 11 is 0. The molecule has 0 radical (unpaired) electrons. The highest BCUT2D eigenvalue weighted by Gasteiger charge is 2.32. The van der Waals surface area contributed by atoms with Crippen molar-refractivity contribution < 1.29 is 14.7 Å². The molecule has 5 nitrogen and oxygen atoms in total. The van der Waals surface area contributed by atoms with E-state index in [2.05, 4.69) is 5.32 Å². The summed E-state index contributed by atoms with van der Waals surface area (Å²) in [5, 5.41) is 11.9. The van der Waals surface area contributed by atoms with E-state index in [1.54, 1.807) is 4.90 Å². The van der Waals surface area contributed by atoms with Crippen LogP contribution in [0.15, 0.2) is 18.2 Å². The number of hydrogen-bond donors (Lipinski definition) is 2. The number of carboxylic acids is 1. The topological polar surface area (TPSA) is 69.6 Å². The van der Waals surface area contributed by atoms with Gasteiger partial charge in [0.25, 0.3) is 5.91 Å². The van der Waals surface area contributed by atoms with Crippen LogP contribution < -0.4 is 5.32 Å². The van der Waals surface area contributed by atoms with Crippen LogP contribution in [-0.2, 0) is 11.2 Å². The normalized spacial score (nSPS) is 17.6.